The molecule has 1 aromatic carbocycles. The van der Waals surface area contributed by atoms with Gasteiger partial charge in [0.1, 0.15) is 5.82 Å². The Morgan fingerprint density at radius 3 is 2.63 bits per heavy atom. The molecule has 2 aromatic heterocycles. The second-order valence-electron chi connectivity index (χ2n) is 6.13. The van der Waals surface area contributed by atoms with Crippen LogP contribution in [-0.4, -0.2) is 20.8 Å². The van der Waals surface area contributed by atoms with Crippen molar-refractivity contribution in [3.05, 3.63) is 45.6 Å². The lowest BCUT2D eigenvalue weighted by molar-refractivity contribution is 0.254. The number of benzene rings is 1. The summed E-state index contributed by atoms with van der Waals surface area (Å²) in [7, 11) is 1.85. The lowest BCUT2D eigenvalue weighted by Crippen LogP contribution is -2.34. The maximum absolute atomic E-state index is 12.2. The number of fused-ring (bicyclic) bond motifs is 1. The third-order valence-corrected chi connectivity index (χ3v) is 4.71. The van der Waals surface area contributed by atoms with Crippen molar-refractivity contribution in [2.45, 2.75) is 26.7 Å². The van der Waals surface area contributed by atoms with Crippen molar-refractivity contribution in [2.24, 2.45) is 7.05 Å². The number of hydrogen-bond acceptors (Lipinski definition) is 4. The first-order valence-corrected chi connectivity index (χ1v) is 9.26. The van der Waals surface area contributed by atoms with Crippen LogP contribution in [0.3, 0.4) is 0 Å². The van der Waals surface area contributed by atoms with Gasteiger partial charge in [0, 0.05) is 12.4 Å². The molecule has 3 rings (SSSR count). The highest BCUT2D eigenvalue weighted by Gasteiger charge is 2.14. The number of urea groups is 1. The van der Waals surface area contributed by atoms with Gasteiger partial charge in [0.25, 0.3) is 0 Å². The second-order valence-corrected chi connectivity index (χ2v) is 6.94. The average molecular weight is 407 g/mol. The Labute approximate surface area is 167 Å². The molecular formula is C18H20Cl2N6O. The number of para-hydroxylation sites is 1. The number of anilines is 2. The maximum atomic E-state index is 12.2. The van der Waals surface area contributed by atoms with Crippen molar-refractivity contribution in [2.75, 3.05) is 10.7 Å². The number of carbonyl (C=O) groups is 1. The normalized spacial score (nSPS) is 10.9. The number of halogens is 2. The minimum atomic E-state index is -0.509. The third-order valence-electron chi connectivity index (χ3n) is 4.08. The van der Waals surface area contributed by atoms with Crippen LogP contribution in [0.1, 0.15) is 24.6 Å². The fourth-order valence-electron chi connectivity index (χ4n) is 2.95. The number of hydrazine groups is 1. The van der Waals surface area contributed by atoms with E-state index in [0.717, 1.165) is 35.1 Å². The molecule has 0 aliphatic heterocycles. The van der Waals surface area contributed by atoms with Crippen LogP contribution in [0.5, 0.6) is 0 Å². The van der Waals surface area contributed by atoms with E-state index in [2.05, 4.69) is 33.2 Å². The molecule has 9 heteroatoms. The zero-order valence-corrected chi connectivity index (χ0v) is 16.7. The number of amides is 2. The van der Waals surface area contributed by atoms with E-state index in [0.29, 0.717) is 21.6 Å². The molecule has 142 valence electrons. The highest BCUT2D eigenvalue weighted by atomic mass is 35.5. The van der Waals surface area contributed by atoms with Gasteiger partial charge in [0.2, 0.25) is 0 Å². The number of aryl methyl sites for hydroxylation is 3. The Bertz CT molecular complexity index is 981. The Balaban J connectivity index is 1.78. The van der Waals surface area contributed by atoms with Gasteiger partial charge >= 0.3 is 6.03 Å². The Morgan fingerprint density at radius 2 is 1.96 bits per heavy atom. The number of nitrogens with zero attached hydrogens (tertiary/aromatic N) is 3. The molecule has 0 aliphatic carbocycles. The van der Waals surface area contributed by atoms with Crippen molar-refractivity contribution in [1.82, 2.24) is 20.2 Å². The Hall–Kier alpha value is -2.51. The number of rotatable bonds is 5. The summed E-state index contributed by atoms with van der Waals surface area (Å²) in [6.07, 6.45) is 1.88. The highest BCUT2D eigenvalue weighted by Crippen LogP contribution is 2.29. The van der Waals surface area contributed by atoms with Gasteiger partial charge in [0.15, 0.2) is 5.65 Å². The van der Waals surface area contributed by atoms with Crippen molar-refractivity contribution < 1.29 is 4.79 Å². The summed E-state index contributed by atoms with van der Waals surface area (Å²) in [6.45, 7) is 4.08. The first-order chi connectivity index (χ1) is 12.9. The van der Waals surface area contributed by atoms with E-state index in [1.165, 1.54) is 0 Å². The first-order valence-electron chi connectivity index (χ1n) is 8.51. The molecular weight excluding hydrogens is 387 g/mol. The van der Waals surface area contributed by atoms with Crippen LogP contribution in [-0.2, 0) is 13.5 Å². The van der Waals surface area contributed by atoms with E-state index in [1.54, 1.807) is 22.9 Å². The minimum absolute atomic E-state index is 0.345. The number of aromatic nitrogens is 3. The summed E-state index contributed by atoms with van der Waals surface area (Å²) < 4.78 is 1.73. The monoisotopic (exact) mass is 406 g/mol. The SMILES string of the molecule is CCCc1cc(NNC(=O)Nc2c(Cl)cccc2Cl)nc2c1c(C)nn2C. The molecule has 0 spiro atoms. The fourth-order valence-corrected chi connectivity index (χ4v) is 3.44. The van der Waals surface area contributed by atoms with Crippen molar-refractivity contribution in [3.63, 3.8) is 0 Å². The van der Waals surface area contributed by atoms with Gasteiger partial charge in [-0.2, -0.15) is 5.10 Å². The van der Waals surface area contributed by atoms with Crippen LogP contribution >= 0.6 is 23.2 Å². The van der Waals surface area contributed by atoms with Gasteiger partial charge in [-0.05, 0) is 37.1 Å². The standard InChI is InChI=1S/C18H20Cl2N6O/c1-4-6-11-9-14(21-17-15(11)10(2)25-26(17)3)23-24-18(27)22-16-12(19)7-5-8-13(16)20/h5,7-9H,4,6H2,1-3H3,(H,21,23)(H2,22,24,27). The summed E-state index contributed by atoms with van der Waals surface area (Å²) >= 11 is 12.1. The van der Waals surface area contributed by atoms with Gasteiger partial charge in [-0.25, -0.2) is 9.78 Å². The van der Waals surface area contributed by atoms with Crippen LogP contribution < -0.4 is 16.2 Å². The molecule has 0 bridgehead atoms. The Kier molecular flexibility index (Phi) is 5.72. The van der Waals surface area contributed by atoms with E-state index >= 15 is 0 Å². The average Bonchev–Trinajstić information content (AvgIpc) is 2.91. The number of hydrogen-bond donors (Lipinski definition) is 3. The Morgan fingerprint density at radius 1 is 1.26 bits per heavy atom. The van der Waals surface area contributed by atoms with Gasteiger partial charge in [0.05, 0.1) is 21.4 Å². The molecule has 3 aromatic rings. The highest BCUT2D eigenvalue weighted by molar-refractivity contribution is 6.39. The molecule has 2 amide bonds. The van der Waals surface area contributed by atoms with E-state index < -0.39 is 6.03 Å². The van der Waals surface area contributed by atoms with E-state index in [4.69, 9.17) is 23.2 Å². The quantitative estimate of drug-likeness (QED) is 0.536. The molecule has 2 heterocycles. The first kappa shape index (κ1) is 19.3. The zero-order valence-electron chi connectivity index (χ0n) is 15.2. The number of carbonyl (C=O) groups excluding carboxylic acids is 1. The maximum Gasteiger partial charge on any atom is 0.337 e. The number of pyridine rings is 1. The van der Waals surface area contributed by atoms with Crippen LogP contribution in [0.25, 0.3) is 11.0 Å². The van der Waals surface area contributed by atoms with Gasteiger partial charge in [-0.3, -0.25) is 15.5 Å². The van der Waals surface area contributed by atoms with Crippen LogP contribution in [0.2, 0.25) is 10.0 Å². The topological polar surface area (TPSA) is 83.9 Å². The van der Waals surface area contributed by atoms with E-state index in [9.17, 15) is 4.79 Å². The van der Waals surface area contributed by atoms with Gasteiger partial charge < -0.3 is 5.32 Å². The molecule has 0 fully saturated rings. The predicted molar refractivity (Wildman–Crippen MR) is 109 cm³/mol. The van der Waals surface area contributed by atoms with Crippen LogP contribution in [0.4, 0.5) is 16.3 Å². The van der Waals surface area contributed by atoms with Crippen LogP contribution in [0, 0.1) is 6.92 Å². The van der Waals surface area contributed by atoms with Crippen molar-refractivity contribution in [1.29, 1.82) is 0 Å². The molecule has 0 saturated heterocycles. The van der Waals surface area contributed by atoms with Crippen molar-refractivity contribution >= 4 is 51.8 Å². The van der Waals surface area contributed by atoms with Gasteiger partial charge in [-0.1, -0.05) is 42.6 Å². The summed E-state index contributed by atoms with van der Waals surface area (Å²) in [5.74, 6) is 0.523. The van der Waals surface area contributed by atoms with Crippen molar-refractivity contribution in [3.8, 4) is 0 Å². The zero-order chi connectivity index (χ0) is 19.6. The minimum Gasteiger partial charge on any atom is -0.304 e. The number of nitrogens with one attached hydrogen (secondary N) is 3. The molecule has 0 aliphatic rings. The summed E-state index contributed by atoms with van der Waals surface area (Å²) in [5.41, 5.74) is 8.56. The summed E-state index contributed by atoms with van der Waals surface area (Å²) in [5, 5.41) is 8.82. The molecule has 3 N–H and O–H groups in total. The summed E-state index contributed by atoms with van der Waals surface area (Å²) in [6, 6.07) is 6.41. The molecule has 0 saturated carbocycles. The molecule has 0 radical (unpaired) electrons. The lowest BCUT2D eigenvalue weighted by Gasteiger charge is -2.13. The van der Waals surface area contributed by atoms with E-state index in [-0.39, 0.29) is 0 Å². The molecule has 0 unspecified atom stereocenters. The second kappa shape index (κ2) is 8.02. The fraction of sp³-hybridized carbons (Fsp3) is 0.278. The van der Waals surface area contributed by atoms with Crippen LogP contribution in [0.15, 0.2) is 24.3 Å². The predicted octanol–water partition coefficient (Wildman–Crippen LogP) is 4.68. The molecule has 0 atom stereocenters. The molecule has 27 heavy (non-hydrogen) atoms. The molecule has 7 nitrogen and oxygen atoms in total. The largest absolute Gasteiger partial charge is 0.337 e. The lowest BCUT2D eigenvalue weighted by atomic mass is 10.1. The summed E-state index contributed by atoms with van der Waals surface area (Å²) in [4.78, 5) is 16.7. The van der Waals surface area contributed by atoms with Gasteiger partial charge in [-0.15, -0.1) is 0 Å². The third kappa shape index (κ3) is 4.09. The van der Waals surface area contributed by atoms with E-state index in [1.807, 2.05) is 20.0 Å². The smallest absolute Gasteiger partial charge is 0.304 e.